The predicted molar refractivity (Wildman–Crippen MR) is 122 cm³/mol. The third kappa shape index (κ3) is 4.71. The zero-order valence-electron chi connectivity index (χ0n) is 15.2. The second-order valence-corrected chi connectivity index (χ2v) is 8.83. The molecule has 0 aromatic heterocycles. The summed E-state index contributed by atoms with van der Waals surface area (Å²) in [4.78, 5) is 14.6. The molecule has 2 aromatic rings. The number of hydrogen-bond donors (Lipinski definition) is 0. The van der Waals surface area contributed by atoms with E-state index in [9.17, 15) is 4.79 Å². The third-order valence-electron chi connectivity index (χ3n) is 4.07. The number of likely N-dealkylation sites (N-methyl/N-ethyl adjacent to an activating group) is 1. The second kappa shape index (κ2) is 9.31. The minimum Gasteiger partial charge on any atom is -0.493 e. The van der Waals surface area contributed by atoms with Crippen LogP contribution in [0.15, 0.2) is 45.8 Å². The lowest BCUT2D eigenvalue weighted by molar-refractivity contribution is -0.121. The van der Waals surface area contributed by atoms with Crippen molar-refractivity contribution in [3.8, 4) is 11.5 Å². The molecule has 1 fully saturated rings. The Morgan fingerprint density at radius 3 is 2.57 bits per heavy atom. The van der Waals surface area contributed by atoms with E-state index >= 15 is 0 Å². The molecule has 1 saturated heterocycles. The SMILES string of the molecule is CCN1C(=O)C(=Cc2cc(OC)c(OCc3ccc(Cl)cc3)cc2Br)SC1=S. The summed E-state index contributed by atoms with van der Waals surface area (Å²) in [6.45, 7) is 2.85. The van der Waals surface area contributed by atoms with E-state index in [0.29, 0.717) is 38.9 Å². The van der Waals surface area contributed by atoms with Crippen LogP contribution in [0.3, 0.4) is 0 Å². The number of benzene rings is 2. The van der Waals surface area contributed by atoms with Gasteiger partial charge < -0.3 is 9.47 Å². The molecule has 146 valence electrons. The number of thioether (sulfide) groups is 1. The Morgan fingerprint density at radius 2 is 1.96 bits per heavy atom. The van der Waals surface area contributed by atoms with Gasteiger partial charge in [-0.1, -0.05) is 63.6 Å². The van der Waals surface area contributed by atoms with Gasteiger partial charge in [0.05, 0.1) is 12.0 Å². The summed E-state index contributed by atoms with van der Waals surface area (Å²) in [7, 11) is 1.58. The first kappa shape index (κ1) is 21.2. The fourth-order valence-corrected chi connectivity index (χ4v) is 4.53. The van der Waals surface area contributed by atoms with Gasteiger partial charge in [0.15, 0.2) is 11.5 Å². The molecule has 1 aliphatic rings. The number of halogens is 2. The van der Waals surface area contributed by atoms with Crippen LogP contribution in [0.4, 0.5) is 0 Å². The summed E-state index contributed by atoms with van der Waals surface area (Å²) in [5, 5.41) is 0.682. The first-order valence-corrected chi connectivity index (χ1v) is 10.8. The molecule has 1 heterocycles. The minimum atomic E-state index is -0.0774. The summed E-state index contributed by atoms with van der Waals surface area (Å²) in [6.07, 6.45) is 1.81. The molecule has 0 aliphatic carbocycles. The molecule has 0 unspecified atom stereocenters. The van der Waals surface area contributed by atoms with Crippen molar-refractivity contribution in [2.45, 2.75) is 13.5 Å². The lowest BCUT2D eigenvalue weighted by atomic mass is 10.1. The Balaban J connectivity index is 1.83. The molecular weight excluding hydrogens is 482 g/mol. The number of hydrogen-bond acceptors (Lipinski definition) is 5. The first-order valence-electron chi connectivity index (χ1n) is 8.43. The number of carbonyl (C=O) groups is 1. The smallest absolute Gasteiger partial charge is 0.266 e. The fraction of sp³-hybridized carbons (Fsp3) is 0.200. The molecule has 4 nitrogen and oxygen atoms in total. The summed E-state index contributed by atoms with van der Waals surface area (Å²) >= 11 is 16.0. The molecule has 0 atom stereocenters. The zero-order chi connectivity index (χ0) is 20.3. The second-order valence-electron chi connectivity index (χ2n) is 5.87. The average molecular weight is 499 g/mol. The van der Waals surface area contributed by atoms with Gasteiger partial charge in [-0.25, -0.2) is 0 Å². The van der Waals surface area contributed by atoms with Crippen molar-refractivity contribution in [1.82, 2.24) is 4.90 Å². The molecule has 0 N–H and O–H groups in total. The van der Waals surface area contributed by atoms with Gasteiger partial charge in [-0.15, -0.1) is 0 Å². The van der Waals surface area contributed by atoms with Crippen LogP contribution in [0.1, 0.15) is 18.1 Å². The van der Waals surface area contributed by atoms with Crippen LogP contribution in [0.2, 0.25) is 5.02 Å². The number of thiocarbonyl (C=S) groups is 1. The van der Waals surface area contributed by atoms with Crippen LogP contribution in [-0.4, -0.2) is 28.8 Å². The Bertz CT molecular complexity index is 947. The normalized spacial score (nSPS) is 15.4. The molecule has 28 heavy (non-hydrogen) atoms. The van der Waals surface area contributed by atoms with Crippen LogP contribution in [0.25, 0.3) is 6.08 Å². The van der Waals surface area contributed by atoms with Crippen molar-refractivity contribution in [3.63, 3.8) is 0 Å². The highest BCUT2D eigenvalue weighted by Gasteiger charge is 2.30. The van der Waals surface area contributed by atoms with Crippen molar-refractivity contribution in [2.75, 3.05) is 13.7 Å². The highest BCUT2D eigenvalue weighted by Crippen LogP contribution is 2.38. The van der Waals surface area contributed by atoms with E-state index < -0.39 is 0 Å². The summed E-state index contributed by atoms with van der Waals surface area (Å²) in [5.41, 5.74) is 1.81. The molecular formula is C20H17BrClNO3S2. The Kier molecular flexibility index (Phi) is 7.04. The van der Waals surface area contributed by atoms with Gasteiger partial charge in [-0.05, 0) is 48.4 Å². The van der Waals surface area contributed by atoms with Crippen LogP contribution in [0.5, 0.6) is 11.5 Å². The number of methoxy groups -OCH3 is 1. The highest BCUT2D eigenvalue weighted by atomic mass is 79.9. The summed E-state index contributed by atoms with van der Waals surface area (Å²) in [6, 6.07) is 11.1. The topological polar surface area (TPSA) is 38.8 Å². The van der Waals surface area contributed by atoms with E-state index in [1.165, 1.54) is 11.8 Å². The molecule has 2 aromatic carbocycles. The standard InChI is InChI=1S/C20H17BrClNO3S2/c1-3-23-19(24)18(28-20(23)27)9-13-8-16(25-2)17(10-15(13)21)26-11-12-4-6-14(22)7-5-12/h4-10H,3,11H2,1-2H3. The van der Waals surface area contributed by atoms with Gasteiger partial charge in [0.25, 0.3) is 5.91 Å². The predicted octanol–water partition coefficient (Wildman–Crippen LogP) is 5.91. The largest absolute Gasteiger partial charge is 0.493 e. The van der Waals surface area contributed by atoms with Crippen molar-refractivity contribution in [1.29, 1.82) is 0 Å². The lowest BCUT2D eigenvalue weighted by Gasteiger charge is -2.13. The maximum Gasteiger partial charge on any atom is 0.266 e. The Morgan fingerprint density at radius 1 is 1.25 bits per heavy atom. The van der Waals surface area contributed by atoms with Crippen molar-refractivity contribution >= 4 is 67.8 Å². The van der Waals surface area contributed by atoms with Crippen LogP contribution in [0, 0.1) is 0 Å². The summed E-state index contributed by atoms with van der Waals surface area (Å²) < 4.78 is 12.8. The Hall–Kier alpha value is -1.54. The van der Waals surface area contributed by atoms with E-state index in [4.69, 9.17) is 33.3 Å². The van der Waals surface area contributed by atoms with Gasteiger partial charge in [-0.3, -0.25) is 9.69 Å². The van der Waals surface area contributed by atoms with Crippen LogP contribution < -0.4 is 9.47 Å². The maximum atomic E-state index is 12.4. The zero-order valence-corrected chi connectivity index (χ0v) is 19.2. The monoisotopic (exact) mass is 497 g/mol. The number of carbonyl (C=O) groups excluding carboxylic acids is 1. The minimum absolute atomic E-state index is 0.0774. The summed E-state index contributed by atoms with van der Waals surface area (Å²) in [5.74, 6) is 1.10. The van der Waals surface area contributed by atoms with Gasteiger partial charge in [0.2, 0.25) is 0 Å². The van der Waals surface area contributed by atoms with E-state index in [-0.39, 0.29) is 5.91 Å². The lowest BCUT2D eigenvalue weighted by Crippen LogP contribution is -2.27. The van der Waals surface area contributed by atoms with E-state index in [1.54, 1.807) is 12.0 Å². The molecule has 0 radical (unpaired) electrons. The number of nitrogens with zero attached hydrogens (tertiary/aromatic N) is 1. The molecule has 1 aliphatic heterocycles. The van der Waals surface area contributed by atoms with Gasteiger partial charge in [0.1, 0.15) is 10.9 Å². The highest BCUT2D eigenvalue weighted by molar-refractivity contribution is 9.10. The quantitative estimate of drug-likeness (QED) is 0.366. The van der Waals surface area contributed by atoms with Gasteiger partial charge in [0, 0.05) is 16.0 Å². The van der Waals surface area contributed by atoms with E-state index in [0.717, 1.165) is 15.6 Å². The molecule has 0 spiro atoms. The van der Waals surface area contributed by atoms with Crippen molar-refractivity contribution in [3.05, 3.63) is 61.9 Å². The van der Waals surface area contributed by atoms with Gasteiger partial charge >= 0.3 is 0 Å². The molecule has 1 amide bonds. The van der Waals surface area contributed by atoms with Crippen LogP contribution in [-0.2, 0) is 11.4 Å². The molecule has 8 heteroatoms. The fourth-order valence-electron chi connectivity index (χ4n) is 2.59. The van der Waals surface area contributed by atoms with E-state index in [1.807, 2.05) is 49.4 Å². The molecule has 3 rings (SSSR count). The number of rotatable bonds is 6. The molecule has 0 saturated carbocycles. The van der Waals surface area contributed by atoms with Gasteiger partial charge in [-0.2, -0.15) is 0 Å². The van der Waals surface area contributed by atoms with E-state index in [2.05, 4.69) is 15.9 Å². The number of ether oxygens (including phenoxy) is 2. The first-order chi connectivity index (χ1) is 13.4. The Labute approximate surface area is 187 Å². The van der Waals surface area contributed by atoms with Crippen LogP contribution >= 0.6 is 51.5 Å². The van der Waals surface area contributed by atoms with Crippen molar-refractivity contribution < 1.29 is 14.3 Å². The number of amides is 1. The maximum absolute atomic E-state index is 12.4. The third-order valence-corrected chi connectivity index (χ3v) is 6.38. The average Bonchev–Trinajstić information content (AvgIpc) is 2.95. The molecule has 0 bridgehead atoms. The van der Waals surface area contributed by atoms with Crippen molar-refractivity contribution in [2.24, 2.45) is 0 Å².